The lowest BCUT2D eigenvalue weighted by atomic mass is 10.2. The predicted octanol–water partition coefficient (Wildman–Crippen LogP) is 2.61. The normalized spacial score (nSPS) is 10.3. The number of hydrogen-bond donors (Lipinski definition) is 1. The molecule has 0 bridgehead atoms. The molecular weight excluding hydrogens is 248 g/mol. The number of carbonyl (C=O) groups excluding carboxylic acids is 1. The molecule has 1 N–H and O–H groups in total. The Morgan fingerprint density at radius 2 is 2.06 bits per heavy atom. The van der Waals surface area contributed by atoms with Crippen molar-refractivity contribution in [3.63, 3.8) is 0 Å². The van der Waals surface area contributed by atoms with Gasteiger partial charge in [-0.15, -0.1) is 11.3 Å². The van der Waals surface area contributed by atoms with E-state index in [-0.39, 0.29) is 11.8 Å². The van der Waals surface area contributed by atoms with E-state index in [2.05, 4.69) is 4.98 Å². The summed E-state index contributed by atoms with van der Waals surface area (Å²) in [5, 5.41) is 10.4. The highest BCUT2D eigenvalue weighted by molar-refractivity contribution is 7.17. The highest BCUT2D eigenvalue weighted by Crippen LogP contribution is 2.32. The fourth-order valence-corrected chi connectivity index (χ4v) is 2.43. The van der Waals surface area contributed by atoms with Crippen LogP contribution in [0.4, 0.5) is 0 Å². The zero-order chi connectivity index (χ0) is 13.1. The van der Waals surface area contributed by atoms with Crippen LogP contribution in [0.5, 0.6) is 5.88 Å². The average Bonchev–Trinajstić information content (AvgIpc) is 2.80. The van der Waals surface area contributed by atoms with Crippen LogP contribution in [-0.2, 0) is 0 Å². The van der Waals surface area contributed by atoms with Crippen molar-refractivity contribution >= 4 is 17.2 Å². The molecule has 0 radical (unpaired) electrons. The van der Waals surface area contributed by atoms with Crippen molar-refractivity contribution in [1.29, 1.82) is 0 Å². The van der Waals surface area contributed by atoms with Gasteiger partial charge in [0, 0.05) is 19.2 Å². The third-order valence-electron chi connectivity index (χ3n) is 2.65. The number of aromatic hydroxyl groups is 1. The maximum absolute atomic E-state index is 12.0. The van der Waals surface area contributed by atoms with Crippen LogP contribution >= 0.6 is 11.3 Å². The first kappa shape index (κ1) is 12.6. The molecule has 0 fully saturated rings. The van der Waals surface area contributed by atoms with Gasteiger partial charge in [0.05, 0.1) is 0 Å². The fourth-order valence-electron chi connectivity index (χ4n) is 1.47. The van der Waals surface area contributed by atoms with Gasteiger partial charge in [0.1, 0.15) is 5.01 Å². The van der Waals surface area contributed by atoms with Gasteiger partial charge in [-0.3, -0.25) is 4.79 Å². The van der Waals surface area contributed by atoms with Crippen LogP contribution in [0.3, 0.4) is 0 Å². The second-order valence-electron chi connectivity index (χ2n) is 3.86. The van der Waals surface area contributed by atoms with Crippen molar-refractivity contribution in [2.24, 2.45) is 0 Å². The van der Waals surface area contributed by atoms with Crippen molar-refractivity contribution in [2.75, 3.05) is 13.6 Å². The molecule has 0 aliphatic rings. The SMILES string of the molecule is CCN(C)C(=O)c1sc(-c2ccccc2)nc1O. The largest absolute Gasteiger partial charge is 0.492 e. The minimum atomic E-state index is -0.199. The Kier molecular flexibility index (Phi) is 3.62. The van der Waals surface area contributed by atoms with E-state index < -0.39 is 0 Å². The van der Waals surface area contributed by atoms with Crippen LogP contribution in [-0.4, -0.2) is 34.5 Å². The molecule has 0 saturated heterocycles. The number of rotatable bonds is 3. The quantitative estimate of drug-likeness (QED) is 0.925. The third kappa shape index (κ3) is 2.36. The molecule has 1 aromatic carbocycles. The van der Waals surface area contributed by atoms with Gasteiger partial charge in [-0.25, -0.2) is 4.98 Å². The van der Waals surface area contributed by atoms with Gasteiger partial charge in [-0.05, 0) is 6.92 Å². The number of nitrogens with zero attached hydrogens (tertiary/aromatic N) is 2. The molecule has 5 heteroatoms. The number of carbonyl (C=O) groups is 1. The Morgan fingerprint density at radius 3 is 2.67 bits per heavy atom. The Labute approximate surface area is 110 Å². The lowest BCUT2D eigenvalue weighted by molar-refractivity contribution is 0.0804. The molecule has 0 atom stereocenters. The molecule has 0 unspecified atom stereocenters. The topological polar surface area (TPSA) is 53.4 Å². The van der Waals surface area contributed by atoms with Crippen molar-refractivity contribution < 1.29 is 9.90 Å². The van der Waals surface area contributed by atoms with Gasteiger partial charge in [0.15, 0.2) is 4.88 Å². The molecule has 18 heavy (non-hydrogen) atoms. The Balaban J connectivity index is 2.36. The summed E-state index contributed by atoms with van der Waals surface area (Å²) in [5.41, 5.74) is 0.899. The smallest absolute Gasteiger partial charge is 0.269 e. The van der Waals surface area contributed by atoms with E-state index in [1.54, 1.807) is 11.9 Å². The molecule has 2 rings (SSSR count). The van der Waals surface area contributed by atoms with Gasteiger partial charge in [-0.2, -0.15) is 0 Å². The fraction of sp³-hybridized carbons (Fsp3) is 0.231. The summed E-state index contributed by atoms with van der Waals surface area (Å²) in [5.74, 6) is -0.390. The zero-order valence-electron chi connectivity index (χ0n) is 10.3. The molecule has 1 heterocycles. The standard InChI is InChI=1S/C13H14N2O2S/c1-3-15(2)13(17)10-11(16)14-12(18-10)9-7-5-4-6-8-9/h4-8,16H,3H2,1-2H3. The van der Waals surface area contributed by atoms with Gasteiger partial charge in [0.2, 0.25) is 5.88 Å². The Morgan fingerprint density at radius 1 is 1.39 bits per heavy atom. The minimum Gasteiger partial charge on any atom is -0.492 e. The summed E-state index contributed by atoms with van der Waals surface area (Å²) in [6.07, 6.45) is 0. The summed E-state index contributed by atoms with van der Waals surface area (Å²) in [6, 6.07) is 9.50. The summed E-state index contributed by atoms with van der Waals surface area (Å²) >= 11 is 1.21. The van der Waals surface area contributed by atoms with Crippen molar-refractivity contribution in [3.05, 3.63) is 35.2 Å². The molecule has 0 spiro atoms. The first-order valence-electron chi connectivity index (χ1n) is 5.64. The van der Waals surface area contributed by atoms with Crippen LogP contribution in [0.25, 0.3) is 10.6 Å². The molecule has 0 aliphatic heterocycles. The maximum Gasteiger partial charge on any atom is 0.269 e. The van der Waals surface area contributed by atoms with E-state index in [1.807, 2.05) is 37.3 Å². The molecule has 2 aromatic rings. The van der Waals surface area contributed by atoms with E-state index in [4.69, 9.17) is 0 Å². The number of benzene rings is 1. The number of amides is 1. The van der Waals surface area contributed by atoms with Crippen LogP contribution in [0.15, 0.2) is 30.3 Å². The van der Waals surface area contributed by atoms with Crippen molar-refractivity contribution in [1.82, 2.24) is 9.88 Å². The highest BCUT2D eigenvalue weighted by Gasteiger charge is 2.20. The average molecular weight is 262 g/mol. The number of aromatic nitrogens is 1. The van der Waals surface area contributed by atoms with Crippen LogP contribution in [0, 0.1) is 0 Å². The molecule has 4 nitrogen and oxygen atoms in total. The first-order chi connectivity index (χ1) is 8.63. The Hall–Kier alpha value is -1.88. The summed E-state index contributed by atoms with van der Waals surface area (Å²) in [7, 11) is 1.70. The first-order valence-corrected chi connectivity index (χ1v) is 6.45. The molecule has 1 aromatic heterocycles. The van der Waals surface area contributed by atoms with Crippen molar-refractivity contribution in [3.8, 4) is 16.5 Å². The van der Waals surface area contributed by atoms with E-state index >= 15 is 0 Å². The lowest BCUT2D eigenvalue weighted by Gasteiger charge is -2.12. The van der Waals surface area contributed by atoms with Crippen LogP contribution < -0.4 is 0 Å². The highest BCUT2D eigenvalue weighted by atomic mass is 32.1. The second kappa shape index (κ2) is 5.18. The van der Waals surface area contributed by atoms with E-state index in [0.717, 1.165) is 5.56 Å². The van der Waals surface area contributed by atoms with E-state index in [0.29, 0.717) is 16.4 Å². The van der Waals surface area contributed by atoms with Crippen LogP contribution in [0.2, 0.25) is 0 Å². The molecular formula is C13H14N2O2S. The molecule has 1 amide bonds. The van der Waals surface area contributed by atoms with Gasteiger partial charge < -0.3 is 10.0 Å². The van der Waals surface area contributed by atoms with Crippen molar-refractivity contribution in [2.45, 2.75) is 6.92 Å². The zero-order valence-corrected chi connectivity index (χ0v) is 11.1. The number of thiazole rings is 1. The number of hydrogen-bond acceptors (Lipinski definition) is 4. The Bertz CT molecular complexity index is 551. The molecule has 94 valence electrons. The van der Waals surface area contributed by atoms with E-state index in [9.17, 15) is 9.90 Å². The van der Waals surface area contributed by atoms with E-state index in [1.165, 1.54) is 11.3 Å². The maximum atomic E-state index is 12.0. The summed E-state index contributed by atoms with van der Waals surface area (Å²) < 4.78 is 0. The molecule has 0 saturated carbocycles. The predicted molar refractivity (Wildman–Crippen MR) is 71.8 cm³/mol. The minimum absolute atomic E-state index is 0.191. The van der Waals surface area contributed by atoms with Crippen LogP contribution in [0.1, 0.15) is 16.6 Å². The molecule has 0 aliphatic carbocycles. The van der Waals surface area contributed by atoms with Gasteiger partial charge in [0.25, 0.3) is 5.91 Å². The summed E-state index contributed by atoms with van der Waals surface area (Å²) in [6.45, 7) is 2.48. The third-order valence-corrected chi connectivity index (χ3v) is 3.73. The van der Waals surface area contributed by atoms with Gasteiger partial charge in [-0.1, -0.05) is 30.3 Å². The summed E-state index contributed by atoms with van der Waals surface area (Å²) in [4.78, 5) is 17.9. The monoisotopic (exact) mass is 262 g/mol. The lowest BCUT2D eigenvalue weighted by Crippen LogP contribution is -2.25. The second-order valence-corrected chi connectivity index (χ2v) is 4.86. The van der Waals surface area contributed by atoms with Gasteiger partial charge >= 0.3 is 0 Å².